The Hall–Kier alpha value is -3.71. The van der Waals surface area contributed by atoms with Crippen molar-refractivity contribution >= 4 is 17.2 Å². The molecule has 0 N–H and O–H groups in total. The quantitative estimate of drug-likeness (QED) is 0.400. The zero-order chi connectivity index (χ0) is 24.4. The number of aromatic nitrogens is 3. The van der Waals surface area contributed by atoms with Crippen molar-refractivity contribution < 1.29 is 9.53 Å². The number of pyridine rings is 1. The molecule has 2 aromatic carbocycles. The lowest BCUT2D eigenvalue weighted by Gasteiger charge is -2.27. The zero-order valence-electron chi connectivity index (χ0n) is 20.5. The molecule has 1 aliphatic heterocycles. The lowest BCUT2D eigenvalue weighted by atomic mass is 10.1. The largest absolute Gasteiger partial charge is 0.497 e. The fraction of sp³-hybridized carbons (Fsp3) is 0.321. The summed E-state index contributed by atoms with van der Waals surface area (Å²) >= 11 is 0. The van der Waals surface area contributed by atoms with Crippen molar-refractivity contribution in [3.8, 4) is 17.0 Å². The Bertz CT molecular complexity index is 1310. The molecule has 1 saturated heterocycles. The van der Waals surface area contributed by atoms with Gasteiger partial charge in [0.2, 0.25) is 5.91 Å². The molecule has 2 aromatic heterocycles. The predicted octanol–water partition coefficient (Wildman–Crippen LogP) is 4.44. The second kappa shape index (κ2) is 9.88. The Morgan fingerprint density at radius 1 is 1.03 bits per heavy atom. The number of amides is 1. The number of benzene rings is 2. The molecule has 3 heterocycles. The van der Waals surface area contributed by atoms with Gasteiger partial charge in [0.25, 0.3) is 0 Å². The fourth-order valence-corrected chi connectivity index (χ4v) is 4.72. The van der Waals surface area contributed by atoms with E-state index >= 15 is 0 Å². The van der Waals surface area contributed by atoms with Crippen molar-refractivity contribution in [1.82, 2.24) is 19.5 Å². The molecule has 35 heavy (non-hydrogen) atoms. The van der Waals surface area contributed by atoms with Gasteiger partial charge in [-0.1, -0.05) is 18.2 Å². The minimum atomic E-state index is -0.0933. The number of nitrogens with zero attached hydrogens (tertiary/aromatic N) is 5. The molecule has 0 saturated carbocycles. The van der Waals surface area contributed by atoms with Crippen LogP contribution in [0.25, 0.3) is 16.9 Å². The van der Waals surface area contributed by atoms with E-state index in [4.69, 9.17) is 14.8 Å². The Balaban J connectivity index is 1.31. The molecule has 180 valence electrons. The smallest absolute Gasteiger partial charge is 0.243 e. The lowest BCUT2D eigenvalue weighted by Crippen LogP contribution is -2.44. The van der Waals surface area contributed by atoms with Gasteiger partial charge in [0, 0.05) is 24.7 Å². The third-order valence-corrected chi connectivity index (χ3v) is 6.85. The zero-order valence-corrected chi connectivity index (χ0v) is 20.5. The van der Waals surface area contributed by atoms with E-state index in [9.17, 15) is 4.79 Å². The second-order valence-electron chi connectivity index (χ2n) is 9.10. The van der Waals surface area contributed by atoms with Gasteiger partial charge in [0.05, 0.1) is 18.8 Å². The molecular formula is C28H31N5O2. The van der Waals surface area contributed by atoms with Gasteiger partial charge in [-0.3, -0.25) is 9.69 Å². The van der Waals surface area contributed by atoms with Crippen LogP contribution in [0.1, 0.15) is 31.2 Å². The van der Waals surface area contributed by atoms with Crippen molar-refractivity contribution in [2.24, 2.45) is 0 Å². The van der Waals surface area contributed by atoms with Gasteiger partial charge in [-0.15, -0.1) is 0 Å². The van der Waals surface area contributed by atoms with Crippen molar-refractivity contribution in [2.45, 2.75) is 32.2 Å². The molecular weight excluding hydrogens is 438 g/mol. The SMILES string of the molecule is COc1ccc(-c2cccc3nc(Cc4ccc(N(C)C(=O)C(C)N5CCCC5)cc4)nn23)cc1. The number of likely N-dealkylation sites (N-methyl/N-ethyl adjacent to an activating group) is 1. The van der Waals surface area contributed by atoms with Crippen LogP contribution in [0, 0.1) is 0 Å². The van der Waals surface area contributed by atoms with Crippen LogP contribution in [0.2, 0.25) is 0 Å². The fourth-order valence-electron chi connectivity index (χ4n) is 4.72. The number of hydrogen-bond acceptors (Lipinski definition) is 5. The van der Waals surface area contributed by atoms with E-state index in [1.165, 1.54) is 12.8 Å². The molecule has 0 spiro atoms. The van der Waals surface area contributed by atoms with Crippen molar-refractivity contribution in [3.63, 3.8) is 0 Å². The average molecular weight is 470 g/mol. The highest BCUT2D eigenvalue weighted by Gasteiger charge is 2.26. The molecule has 0 aliphatic carbocycles. The van der Waals surface area contributed by atoms with Crippen molar-refractivity contribution in [1.29, 1.82) is 0 Å². The second-order valence-corrected chi connectivity index (χ2v) is 9.10. The Kier molecular flexibility index (Phi) is 6.51. The topological polar surface area (TPSA) is 63.0 Å². The standard InChI is InChI=1S/C28H31N5O2/c1-20(32-17-4-5-18-32)28(34)31(2)23-13-9-21(10-14-23)19-26-29-27-8-6-7-25(33(27)30-26)22-11-15-24(35-3)16-12-22/h6-16,20H,4-5,17-19H2,1-3H3. The lowest BCUT2D eigenvalue weighted by molar-refractivity contribution is -0.122. The molecule has 1 fully saturated rings. The first kappa shape index (κ1) is 23.1. The third kappa shape index (κ3) is 4.77. The Labute approximate surface area is 206 Å². The van der Waals surface area contributed by atoms with Gasteiger partial charge in [-0.25, -0.2) is 9.50 Å². The summed E-state index contributed by atoms with van der Waals surface area (Å²) in [7, 11) is 3.52. The predicted molar refractivity (Wildman–Crippen MR) is 138 cm³/mol. The molecule has 4 aromatic rings. The van der Waals surface area contributed by atoms with Crippen LogP contribution in [0.3, 0.4) is 0 Å². The molecule has 0 radical (unpaired) electrons. The monoisotopic (exact) mass is 469 g/mol. The van der Waals surface area contributed by atoms with Gasteiger partial charge in [-0.05, 0) is 86.9 Å². The van der Waals surface area contributed by atoms with E-state index in [0.29, 0.717) is 6.42 Å². The van der Waals surface area contributed by atoms with E-state index < -0.39 is 0 Å². The van der Waals surface area contributed by atoms with Crippen LogP contribution in [-0.4, -0.2) is 58.7 Å². The van der Waals surface area contributed by atoms with E-state index in [0.717, 1.165) is 52.8 Å². The van der Waals surface area contributed by atoms with Gasteiger partial charge >= 0.3 is 0 Å². The van der Waals surface area contributed by atoms with Crippen molar-refractivity contribution in [3.05, 3.63) is 78.1 Å². The van der Waals surface area contributed by atoms with Crippen LogP contribution >= 0.6 is 0 Å². The van der Waals surface area contributed by atoms with Gasteiger partial charge < -0.3 is 9.64 Å². The summed E-state index contributed by atoms with van der Waals surface area (Å²) < 4.78 is 7.16. The summed E-state index contributed by atoms with van der Waals surface area (Å²) in [6.07, 6.45) is 2.97. The van der Waals surface area contributed by atoms with E-state index in [1.807, 2.05) is 73.1 Å². The molecule has 1 aliphatic rings. The van der Waals surface area contributed by atoms with Gasteiger partial charge in [-0.2, -0.15) is 5.10 Å². The number of hydrogen-bond donors (Lipinski definition) is 0. The highest BCUT2D eigenvalue weighted by molar-refractivity contribution is 5.96. The molecule has 1 unspecified atom stereocenters. The minimum Gasteiger partial charge on any atom is -0.497 e. The minimum absolute atomic E-state index is 0.0933. The number of rotatable bonds is 7. The first-order valence-corrected chi connectivity index (χ1v) is 12.1. The third-order valence-electron chi connectivity index (χ3n) is 6.85. The highest BCUT2D eigenvalue weighted by atomic mass is 16.5. The number of fused-ring (bicyclic) bond motifs is 1. The van der Waals surface area contributed by atoms with Crippen LogP contribution in [0.15, 0.2) is 66.7 Å². The maximum atomic E-state index is 12.9. The van der Waals surface area contributed by atoms with Crippen LogP contribution in [0.5, 0.6) is 5.75 Å². The summed E-state index contributed by atoms with van der Waals surface area (Å²) in [5.74, 6) is 1.71. The van der Waals surface area contributed by atoms with Gasteiger partial charge in [0.1, 0.15) is 5.75 Å². The molecule has 7 heteroatoms. The van der Waals surface area contributed by atoms with Crippen LogP contribution in [0.4, 0.5) is 5.69 Å². The maximum absolute atomic E-state index is 12.9. The number of ether oxygens (including phenoxy) is 1. The number of carbonyl (C=O) groups excluding carboxylic acids is 1. The summed E-state index contributed by atoms with van der Waals surface area (Å²) in [6.45, 7) is 4.02. The Morgan fingerprint density at radius 3 is 2.43 bits per heavy atom. The summed E-state index contributed by atoms with van der Waals surface area (Å²) in [5.41, 5.74) is 4.84. The first-order chi connectivity index (χ1) is 17.0. The van der Waals surface area contributed by atoms with E-state index in [-0.39, 0.29) is 11.9 Å². The van der Waals surface area contributed by atoms with Crippen molar-refractivity contribution in [2.75, 3.05) is 32.1 Å². The number of carbonyl (C=O) groups is 1. The number of likely N-dealkylation sites (tertiary alicyclic amines) is 1. The first-order valence-electron chi connectivity index (χ1n) is 12.1. The van der Waals surface area contributed by atoms with E-state index in [1.54, 1.807) is 12.0 Å². The molecule has 0 bridgehead atoms. The highest BCUT2D eigenvalue weighted by Crippen LogP contribution is 2.24. The number of anilines is 1. The maximum Gasteiger partial charge on any atom is 0.243 e. The van der Waals surface area contributed by atoms with Crippen LogP contribution < -0.4 is 9.64 Å². The molecule has 7 nitrogen and oxygen atoms in total. The van der Waals surface area contributed by atoms with Crippen LogP contribution in [-0.2, 0) is 11.2 Å². The average Bonchev–Trinajstić information content (AvgIpc) is 3.58. The molecule has 5 rings (SSSR count). The normalized spacial score (nSPS) is 14.8. The molecule has 1 amide bonds. The van der Waals surface area contributed by atoms with Gasteiger partial charge in [0.15, 0.2) is 11.5 Å². The Morgan fingerprint density at radius 2 is 1.74 bits per heavy atom. The molecule has 1 atom stereocenters. The number of methoxy groups -OCH3 is 1. The van der Waals surface area contributed by atoms with E-state index in [2.05, 4.69) is 17.0 Å². The summed E-state index contributed by atoms with van der Waals surface area (Å²) in [5, 5.41) is 4.78. The summed E-state index contributed by atoms with van der Waals surface area (Å²) in [6, 6.07) is 22.0. The summed E-state index contributed by atoms with van der Waals surface area (Å²) in [4.78, 5) is 21.7.